The Morgan fingerprint density at radius 1 is 1.39 bits per heavy atom. The molecule has 1 N–H and O–H groups in total. The Kier molecular flexibility index (Phi) is 4.23. The topological polar surface area (TPSA) is 64.1 Å². The number of benzene rings is 1. The number of fused-ring (bicyclic) bond motifs is 1. The Bertz CT molecular complexity index is 736. The number of aromatic nitrogens is 2. The van der Waals surface area contributed by atoms with Gasteiger partial charge in [0.25, 0.3) is 0 Å². The Morgan fingerprint density at radius 3 is 3.00 bits per heavy atom. The van der Waals surface area contributed by atoms with Gasteiger partial charge < -0.3 is 10.1 Å². The van der Waals surface area contributed by atoms with Gasteiger partial charge in [-0.25, -0.2) is 14.4 Å². The van der Waals surface area contributed by atoms with E-state index in [-0.39, 0.29) is 23.9 Å². The number of hydrogen-bond donors (Lipinski definition) is 1. The van der Waals surface area contributed by atoms with Crippen LogP contribution in [0.3, 0.4) is 0 Å². The lowest BCUT2D eigenvalue weighted by Gasteiger charge is -2.16. The van der Waals surface area contributed by atoms with Gasteiger partial charge in [-0.15, -0.1) is 0 Å². The molecule has 120 valence electrons. The number of rotatable bonds is 4. The molecule has 0 saturated carbocycles. The molecule has 0 fully saturated rings. The van der Waals surface area contributed by atoms with Gasteiger partial charge in [0.2, 0.25) is 5.91 Å². The Morgan fingerprint density at radius 2 is 2.22 bits per heavy atom. The molecule has 3 rings (SSSR count). The average molecular weight is 315 g/mol. The second-order valence-electron chi connectivity index (χ2n) is 5.65. The summed E-state index contributed by atoms with van der Waals surface area (Å²) in [6.45, 7) is 3.67. The van der Waals surface area contributed by atoms with Gasteiger partial charge in [0.15, 0.2) is 0 Å². The zero-order valence-electron chi connectivity index (χ0n) is 13.0. The second kappa shape index (κ2) is 6.32. The fourth-order valence-electron chi connectivity index (χ4n) is 2.72. The number of carbonyl (C=O) groups is 1. The molecule has 5 nitrogen and oxygen atoms in total. The first-order chi connectivity index (χ1) is 11.0. The standard InChI is InChI=1S/C17H18FN3O2/c1-10-17(14-5-3-12(18)9-15(14)23-10)21-16(22)6-4-13-7-8-19-11(2)20-13/h3,5,7-10,17H,4,6H2,1-2H3,(H,21,22)/t10-,17-/m1/s1. The lowest BCUT2D eigenvalue weighted by Crippen LogP contribution is -2.34. The molecule has 1 aliphatic rings. The van der Waals surface area contributed by atoms with Crippen molar-refractivity contribution in [3.63, 3.8) is 0 Å². The van der Waals surface area contributed by atoms with Gasteiger partial charge >= 0.3 is 0 Å². The van der Waals surface area contributed by atoms with Crippen LogP contribution in [0.25, 0.3) is 0 Å². The van der Waals surface area contributed by atoms with E-state index in [1.807, 2.05) is 13.8 Å². The first-order valence-electron chi connectivity index (χ1n) is 7.57. The van der Waals surface area contributed by atoms with Gasteiger partial charge in [-0.1, -0.05) is 6.07 Å². The molecule has 1 aromatic carbocycles. The zero-order chi connectivity index (χ0) is 16.4. The third-order valence-corrected chi connectivity index (χ3v) is 3.85. The van der Waals surface area contributed by atoms with Crippen molar-refractivity contribution in [1.82, 2.24) is 15.3 Å². The van der Waals surface area contributed by atoms with Gasteiger partial charge in [0.05, 0.1) is 6.04 Å². The number of nitrogens with zero attached hydrogens (tertiary/aromatic N) is 2. The van der Waals surface area contributed by atoms with Crippen molar-refractivity contribution in [2.45, 2.75) is 38.8 Å². The Balaban J connectivity index is 1.62. The molecular weight excluding hydrogens is 297 g/mol. The molecule has 6 heteroatoms. The van der Waals surface area contributed by atoms with E-state index in [0.29, 0.717) is 24.4 Å². The number of nitrogens with one attached hydrogen (secondary N) is 1. The predicted molar refractivity (Wildman–Crippen MR) is 82.5 cm³/mol. The summed E-state index contributed by atoms with van der Waals surface area (Å²) in [5, 5.41) is 2.96. The summed E-state index contributed by atoms with van der Waals surface area (Å²) in [6.07, 6.45) is 2.34. The SMILES string of the molecule is Cc1nccc(CCC(=O)N[C@H]2c3ccc(F)cc3O[C@@H]2C)n1. The van der Waals surface area contributed by atoms with E-state index in [9.17, 15) is 9.18 Å². The van der Waals surface area contributed by atoms with Crippen molar-refractivity contribution in [2.75, 3.05) is 0 Å². The minimum atomic E-state index is -0.345. The zero-order valence-corrected chi connectivity index (χ0v) is 13.0. The third-order valence-electron chi connectivity index (χ3n) is 3.85. The summed E-state index contributed by atoms with van der Waals surface area (Å²) in [7, 11) is 0. The van der Waals surface area contributed by atoms with E-state index < -0.39 is 0 Å². The normalized spacial score (nSPS) is 19.1. The van der Waals surface area contributed by atoms with E-state index in [4.69, 9.17) is 4.74 Å². The summed E-state index contributed by atoms with van der Waals surface area (Å²) in [6, 6.07) is 5.93. The lowest BCUT2D eigenvalue weighted by molar-refractivity contribution is -0.122. The molecule has 0 aliphatic carbocycles. The molecular formula is C17H18FN3O2. The number of aryl methyl sites for hydroxylation is 2. The van der Waals surface area contributed by atoms with Gasteiger partial charge in [-0.05, 0) is 32.4 Å². The quantitative estimate of drug-likeness (QED) is 0.941. The van der Waals surface area contributed by atoms with Crippen LogP contribution in [0, 0.1) is 12.7 Å². The van der Waals surface area contributed by atoms with Crippen LogP contribution in [0.2, 0.25) is 0 Å². The highest BCUT2D eigenvalue weighted by Gasteiger charge is 2.32. The second-order valence-corrected chi connectivity index (χ2v) is 5.65. The van der Waals surface area contributed by atoms with E-state index in [1.165, 1.54) is 12.1 Å². The highest BCUT2D eigenvalue weighted by molar-refractivity contribution is 5.77. The minimum Gasteiger partial charge on any atom is -0.488 e. The van der Waals surface area contributed by atoms with Crippen molar-refractivity contribution >= 4 is 5.91 Å². The van der Waals surface area contributed by atoms with E-state index >= 15 is 0 Å². The summed E-state index contributed by atoms with van der Waals surface area (Å²) >= 11 is 0. The molecule has 0 bridgehead atoms. The van der Waals surface area contributed by atoms with Gasteiger partial charge in [-0.2, -0.15) is 0 Å². The highest BCUT2D eigenvalue weighted by atomic mass is 19.1. The molecule has 1 aromatic heterocycles. The molecule has 2 atom stereocenters. The van der Waals surface area contributed by atoms with Crippen LogP contribution < -0.4 is 10.1 Å². The summed E-state index contributed by atoms with van der Waals surface area (Å²) in [5.41, 5.74) is 1.65. The molecule has 1 amide bonds. The van der Waals surface area contributed by atoms with Gasteiger partial charge in [0.1, 0.15) is 23.5 Å². The molecule has 1 aliphatic heterocycles. The number of amides is 1. The van der Waals surface area contributed by atoms with Crippen LogP contribution >= 0.6 is 0 Å². The first kappa shape index (κ1) is 15.4. The van der Waals surface area contributed by atoms with Crippen LogP contribution in [-0.2, 0) is 11.2 Å². The molecule has 23 heavy (non-hydrogen) atoms. The maximum Gasteiger partial charge on any atom is 0.221 e. The Labute approximate surface area is 133 Å². The summed E-state index contributed by atoms with van der Waals surface area (Å²) < 4.78 is 18.8. The molecule has 0 saturated heterocycles. The number of carbonyl (C=O) groups excluding carboxylic acids is 1. The van der Waals surface area contributed by atoms with Crippen LogP contribution in [0.15, 0.2) is 30.5 Å². The molecule has 0 unspecified atom stereocenters. The van der Waals surface area contributed by atoms with Crippen molar-refractivity contribution < 1.29 is 13.9 Å². The van der Waals surface area contributed by atoms with E-state index in [2.05, 4.69) is 15.3 Å². The summed E-state index contributed by atoms with van der Waals surface area (Å²) in [5.74, 6) is 0.756. The van der Waals surface area contributed by atoms with Crippen molar-refractivity contribution in [2.24, 2.45) is 0 Å². The van der Waals surface area contributed by atoms with E-state index in [0.717, 1.165) is 11.3 Å². The maximum atomic E-state index is 13.2. The fraction of sp³-hybridized carbons (Fsp3) is 0.353. The largest absolute Gasteiger partial charge is 0.488 e. The minimum absolute atomic E-state index is 0.0844. The van der Waals surface area contributed by atoms with Crippen LogP contribution in [0.5, 0.6) is 5.75 Å². The number of hydrogen-bond acceptors (Lipinski definition) is 4. The van der Waals surface area contributed by atoms with Crippen molar-refractivity contribution in [3.05, 3.63) is 53.4 Å². The first-order valence-corrected chi connectivity index (χ1v) is 7.57. The number of halogens is 1. The average Bonchev–Trinajstić information content (AvgIpc) is 2.80. The lowest BCUT2D eigenvalue weighted by atomic mass is 10.0. The third kappa shape index (κ3) is 3.47. The van der Waals surface area contributed by atoms with Crippen LogP contribution in [0.1, 0.15) is 36.5 Å². The van der Waals surface area contributed by atoms with Gasteiger partial charge in [0, 0.05) is 29.9 Å². The van der Waals surface area contributed by atoms with Crippen molar-refractivity contribution in [1.29, 1.82) is 0 Å². The molecule has 2 aromatic rings. The monoisotopic (exact) mass is 315 g/mol. The fourth-order valence-corrected chi connectivity index (χ4v) is 2.72. The summed E-state index contributed by atoms with van der Waals surface area (Å²) in [4.78, 5) is 20.5. The Hall–Kier alpha value is -2.50. The van der Waals surface area contributed by atoms with Gasteiger partial charge in [-0.3, -0.25) is 4.79 Å². The maximum absolute atomic E-state index is 13.2. The van der Waals surface area contributed by atoms with Crippen molar-refractivity contribution in [3.8, 4) is 5.75 Å². The predicted octanol–water partition coefficient (Wildman–Crippen LogP) is 2.50. The smallest absolute Gasteiger partial charge is 0.221 e. The highest BCUT2D eigenvalue weighted by Crippen LogP contribution is 2.36. The van der Waals surface area contributed by atoms with Crippen LogP contribution in [0.4, 0.5) is 4.39 Å². The number of ether oxygens (including phenoxy) is 1. The van der Waals surface area contributed by atoms with E-state index in [1.54, 1.807) is 18.3 Å². The van der Waals surface area contributed by atoms with Crippen LogP contribution in [-0.4, -0.2) is 22.0 Å². The molecule has 0 radical (unpaired) electrons. The molecule has 0 spiro atoms. The molecule has 2 heterocycles.